The maximum Gasteiger partial charge on any atom is 0.124 e. The van der Waals surface area contributed by atoms with Gasteiger partial charge in [-0.1, -0.05) is 28.4 Å². The largest absolute Gasteiger partial charge is 0.496 e. The average molecular weight is 341 g/mol. The van der Waals surface area contributed by atoms with Gasteiger partial charge in [0.25, 0.3) is 0 Å². The molecule has 0 aromatic heterocycles. The summed E-state index contributed by atoms with van der Waals surface area (Å²) in [5, 5.41) is 3.60. The number of hydrogen-bond donors (Lipinski definition) is 1. The molecule has 112 valence electrons. The number of methoxy groups -OCH3 is 1. The van der Waals surface area contributed by atoms with Crippen molar-refractivity contribution in [3.05, 3.63) is 28.2 Å². The molecule has 1 unspecified atom stereocenters. The van der Waals surface area contributed by atoms with E-state index >= 15 is 0 Å². The van der Waals surface area contributed by atoms with Crippen LogP contribution < -0.4 is 10.1 Å². The molecule has 0 saturated carbocycles. The molecule has 1 saturated heterocycles. The van der Waals surface area contributed by atoms with Crippen molar-refractivity contribution >= 4 is 15.9 Å². The lowest BCUT2D eigenvalue weighted by molar-refractivity contribution is 0.208. The number of hydrogen-bond acceptors (Lipinski definition) is 3. The molecule has 1 fully saturated rings. The van der Waals surface area contributed by atoms with Crippen molar-refractivity contribution in [1.82, 2.24) is 10.2 Å². The molecule has 1 heterocycles. The van der Waals surface area contributed by atoms with Crippen LogP contribution in [0.1, 0.15) is 31.7 Å². The van der Waals surface area contributed by atoms with Crippen molar-refractivity contribution in [1.29, 1.82) is 0 Å². The first kappa shape index (κ1) is 15.8. The molecule has 0 spiro atoms. The molecule has 0 aliphatic carbocycles. The summed E-state index contributed by atoms with van der Waals surface area (Å²) < 4.78 is 6.48. The first-order valence-electron chi connectivity index (χ1n) is 7.47. The third-order valence-corrected chi connectivity index (χ3v) is 4.36. The van der Waals surface area contributed by atoms with Gasteiger partial charge in [-0.3, -0.25) is 0 Å². The van der Waals surface area contributed by atoms with E-state index in [1.54, 1.807) is 7.11 Å². The van der Waals surface area contributed by atoms with Crippen LogP contribution in [0.2, 0.25) is 0 Å². The van der Waals surface area contributed by atoms with Gasteiger partial charge < -0.3 is 15.0 Å². The summed E-state index contributed by atoms with van der Waals surface area (Å²) in [5.41, 5.74) is 1.21. The molecule has 1 N–H and O–H groups in total. The van der Waals surface area contributed by atoms with Gasteiger partial charge in [-0.05, 0) is 45.0 Å². The number of piperidine rings is 1. The second kappa shape index (κ2) is 8.01. The molecule has 20 heavy (non-hydrogen) atoms. The van der Waals surface area contributed by atoms with E-state index in [9.17, 15) is 0 Å². The molecule has 3 nitrogen and oxygen atoms in total. The van der Waals surface area contributed by atoms with Crippen molar-refractivity contribution in [2.75, 3.05) is 26.7 Å². The molecular weight excluding hydrogens is 316 g/mol. The molecule has 1 aliphatic heterocycles. The van der Waals surface area contributed by atoms with Gasteiger partial charge >= 0.3 is 0 Å². The standard InChI is InChI=1S/C16H25BrN2O/c1-13(12-19-8-4-3-5-9-19)18-11-14-6-7-15(17)10-16(14)20-2/h6-7,10,13,18H,3-5,8-9,11-12H2,1-2H3. The van der Waals surface area contributed by atoms with E-state index in [1.807, 2.05) is 6.07 Å². The average Bonchev–Trinajstić information content (AvgIpc) is 2.47. The van der Waals surface area contributed by atoms with Crippen molar-refractivity contribution in [3.63, 3.8) is 0 Å². The lowest BCUT2D eigenvalue weighted by atomic mass is 10.1. The Bertz CT molecular complexity index is 419. The predicted octanol–water partition coefficient (Wildman–Crippen LogP) is 3.42. The number of ether oxygens (including phenoxy) is 1. The van der Waals surface area contributed by atoms with E-state index in [-0.39, 0.29) is 0 Å². The fraction of sp³-hybridized carbons (Fsp3) is 0.625. The van der Waals surface area contributed by atoms with Gasteiger partial charge in [0.2, 0.25) is 0 Å². The Hall–Kier alpha value is -0.580. The molecule has 1 aromatic carbocycles. The minimum Gasteiger partial charge on any atom is -0.496 e. The van der Waals surface area contributed by atoms with Crippen LogP contribution in [0.4, 0.5) is 0 Å². The summed E-state index contributed by atoms with van der Waals surface area (Å²) in [6.07, 6.45) is 4.11. The van der Waals surface area contributed by atoms with Crippen LogP contribution in [0.15, 0.2) is 22.7 Å². The molecule has 2 rings (SSSR count). The highest BCUT2D eigenvalue weighted by Gasteiger charge is 2.13. The summed E-state index contributed by atoms with van der Waals surface area (Å²) in [4.78, 5) is 2.57. The lowest BCUT2D eigenvalue weighted by Gasteiger charge is -2.29. The van der Waals surface area contributed by atoms with Crippen molar-refractivity contribution in [2.45, 2.75) is 38.8 Å². The van der Waals surface area contributed by atoms with Crippen LogP contribution in [0.25, 0.3) is 0 Å². The van der Waals surface area contributed by atoms with Gasteiger partial charge in [-0.2, -0.15) is 0 Å². The van der Waals surface area contributed by atoms with Gasteiger partial charge in [0, 0.05) is 29.2 Å². The minimum atomic E-state index is 0.501. The Morgan fingerprint density at radius 3 is 2.75 bits per heavy atom. The minimum absolute atomic E-state index is 0.501. The van der Waals surface area contributed by atoms with Crippen LogP contribution in [0.3, 0.4) is 0 Å². The fourth-order valence-electron chi connectivity index (χ4n) is 2.74. The molecular formula is C16H25BrN2O. The van der Waals surface area contributed by atoms with E-state index in [0.717, 1.165) is 23.3 Å². The third-order valence-electron chi connectivity index (χ3n) is 3.87. The highest BCUT2D eigenvalue weighted by atomic mass is 79.9. The Labute approximate surface area is 130 Å². The third kappa shape index (κ3) is 4.76. The van der Waals surface area contributed by atoms with E-state index in [0.29, 0.717) is 6.04 Å². The SMILES string of the molecule is COc1cc(Br)ccc1CNC(C)CN1CCCCC1. The normalized spacial score (nSPS) is 17.9. The molecule has 1 aromatic rings. The van der Waals surface area contributed by atoms with E-state index < -0.39 is 0 Å². The number of benzene rings is 1. The van der Waals surface area contributed by atoms with Crippen LogP contribution in [-0.2, 0) is 6.54 Å². The molecule has 0 bridgehead atoms. The quantitative estimate of drug-likeness (QED) is 0.858. The molecule has 0 radical (unpaired) electrons. The molecule has 0 amide bonds. The Kier molecular flexibility index (Phi) is 6.33. The van der Waals surface area contributed by atoms with E-state index in [2.05, 4.69) is 45.2 Å². The number of halogens is 1. The highest BCUT2D eigenvalue weighted by Crippen LogP contribution is 2.23. The predicted molar refractivity (Wildman–Crippen MR) is 87.3 cm³/mol. The van der Waals surface area contributed by atoms with E-state index in [4.69, 9.17) is 4.74 Å². The summed E-state index contributed by atoms with van der Waals surface area (Å²) in [6.45, 7) is 6.77. The van der Waals surface area contributed by atoms with Gasteiger partial charge in [0.15, 0.2) is 0 Å². The van der Waals surface area contributed by atoms with Crippen LogP contribution in [0, 0.1) is 0 Å². The monoisotopic (exact) mass is 340 g/mol. The van der Waals surface area contributed by atoms with Crippen molar-refractivity contribution in [2.24, 2.45) is 0 Å². The first-order chi connectivity index (χ1) is 9.69. The Balaban J connectivity index is 1.81. The smallest absolute Gasteiger partial charge is 0.124 e. The van der Waals surface area contributed by atoms with E-state index in [1.165, 1.54) is 37.9 Å². The summed E-state index contributed by atoms with van der Waals surface area (Å²) in [5.74, 6) is 0.942. The maximum atomic E-state index is 5.43. The van der Waals surface area contributed by atoms with Crippen molar-refractivity contribution in [3.8, 4) is 5.75 Å². The number of nitrogens with zero attached hydrogens (tertiary/aromatic N) is 1. The Morgan fingerprint density at radius 1 is 1.30 bits per heavy atom. The van der Waals surface area contributed by atoms with Crippen LogP contribution in [0.5, 0.6) is 5.75 Å². The fourth-order valence-corrected chi connectivity index (χ4v) is 3.08. The van der Waals surface area contributed by atoms with Gasteiger partial charge in [-0.15, -0.1) is 0 Å². The second-order valence-corrected chi connectivity index (χ2v) is 6.52. The van der Waals surface area contributed by atoms with Crippen molar-refractivity contribution < 1.29 is 4.74 Å². The lowest BCUT2D eigenvalue weighted by Crippen LogP contribution is -2.41. The van der Waals surface area contributed by atoms with Crippen LogP contribution >= 0.6 is 15.9 Å². The second-order valence-electron chi connectivity index (χ2n) is 5.60. The molecule has 1 atom stereocenters. The zero-order chi connectivity index (χ0) is 14.4. The van der Waals surface area contributed by atoms with Gasteiger partial charge in [0.1, 0.15) is 5.75 Å². The zero-order valence-electron chi connectivity index (χ0n) is 12.5. The van der Waals surface area contributed by atoms with Crippen LogP contribution in [-0.4, -0.2) is 37.7 Å². The van der Waals surface area contributed by atoms with Gasteiger partial charge in [0.05, 0.1) is 7.11 Å². The Morgan fingerprint density at radius 2 is 2.05 bits per heavy atom. The number of nitrogens with one attached hydrogen (secondary N) is 1. The summed E-state index contributed by atoms with van der Waals surface area (Å²) >= 11 is 3.48. The maximum absolute atomic E-state index is 5.43. The highest BCUT2D eigenvalue weighted by molar-refractivity contribution is 9.10. The zero-order valence-corrected chi connectivity index (χ0v) is 14.1. The molecule has 1 aliphatic rings. The number of rotatable bonds is 6. The van der Waals surface area contributed by atoms with Gasteiger partial charge in [-0.25, -0.2) is 0 Å². The topological polar surface area (TPSA) is 24.5 Å². The number of likely N-dealkylation sites (tertiary alicyclic amines) is 1. The summed E-state index contributed by atoms with van der Waals surface area (Å²) in [7, 11) is 1.72. The molecule has 4 heteroatoms. The first-order valence-corrected chi connectivity index (χ1v) is 8.26. The summed E-state index contributed by atoms with van der Waals surface area (Å²) in [6, 6.07) is 6.70.